The molecule has 0 aliphatic carbocycles. The zero-order valence-corrected chi connectivity index (χ0v) is 12.3. The van der Waals surface area contributed by atoms with Crippen LogP contribution in [0, 0.1) is 6.92 Å². The average Bonchev–Trinajstić information content (AvgIpc) is 3.01. The Morgan fingerprint density at radius 3 is 2.95 bits per heavy atom. The van der Waals surface area contributed by atoms with Gasteiger partial charge in [-0.2, -0.15) is 0 Å². The number of aryl methyl sites for hydroxylation is 1. The van der Waals surface area contributed by atoms with Crippen molar-refractivity contribution in [3.05, 3.63) is 51.7 Å². The number of amides is 1. The van der Waals surface area contributed by atoms with E-state index in [0.717, 1.165) is 6.42 Å². The number of rotatable bonds is 3. The van der Waals surface area contributed by atoms with E-state index in [-0.39, 0.29) is 11.2 Å². The second-order valence-corrected chi connectivity index (χ2v) is 6.91. The van der Waals surface area contributed by atoms with Crippen LogP contribution in [0.5, 0.6) is 0 Å². The topological polar surface area (TPSA) is 29.1 Å². The lowest BCUT2D eigenvalue weighted by Crippen LogP contribution is -2.31. The zero-order valence-electron chi connectivity index (χ0n) is 10.7. The van der Waals surface area contributed by atoms with Gasteiger partial charge in [0, 0.05) is 9.77 Å². The Balaban J connectivity index is 1.60. The van der Waals surface area contributed by atoms with E-state index in [1.807, 2.05) is 12.1 Å². The minimum atomic E-state index is 0.0256. The molecule has 0 spiro atoms. The maximum absolute atomic E-state index is 12.2. The molecule has 1 atom stereocenters. The normalized spacial score (nSPS) is 17.2. The lowest BCUT2D eigenvalue weighted by atomic mass is 10.1. The number of thioether (sulfide) groups is 1. The fourth-order valence-corrected chi connectivity index (χ4v) is 4.26. The Morgan fingerprint density at radius 2 is 2.21 bits per heavy atom. The van der Waals surface area contributed by atoms with E-state index < -0.39 is 0 Å². The van der Waals surface area contributed by atoms with Crippen molar-refractivity contribution < 1.29 is 4.79 Å². The van der Waals surface area contributed by atoms with Crippen LogP contribution >= 0.6 is 23.1 Å². The summed E-state index contributed by atoms with van der Waals surface area (Å²) in [5.74, 6) is 0.147. The lowest BCUT2D eigenvalue weighted by molar-refractivity contribution is -0.120. The van der Waals surface area contributed by atoms with Gasteiger partial charge in [-0.1, -0.05) is 18.2 Å². The van der Waals surface area contributed by atoms with Crippen LogP contribution in [-0.4, -0.2) is 11.2 Å². The summed E-state index contributed by atoms with van der Waals surface area (Å²) in [6.45, 7) is 2.73. The maximum atomic E-state index is 12.2. The van der Waals surface area contributed by atoms with Crippen molar-refractivity contribution >= 4 is 29.0 Å². The first-order valence-corrected chi connectivity index (χ1v) is 8.05. The Hall–Kier alpha value is -1.26. The van der Waals surface area contributed by atoms with E-state index in [4.69, 9.17) is 0 Å². The molecule has 0 bridgehead atoms. The fraction of sp³-hybridized carbons (Fsp3) is 0.267. The van der Waals surface area contributed by atoms with Gasteiger partial charge in [-0.15, -0.1) is 23.1 Å². The molecule has 2 nitrogen and oxygen atoms in total. The number of carbonyl (C=O) groups excluding carboxylic acids is 1. The first-order chi connectivity index (χ1) is 9.24. The molecule has 1 amide bonds. The van der Waals surface area contributed by atoms with Gasteiger partial charge in [-0.3, -0.25) is 4.79 Å². The van der Waals surface area contributed by atoms with Crippen LogP contribution in [0.15, 0.2) is 40.6 Å². The summed E-state index contributed by atoms with van der Waals surface area (Å²) in [5.41, 5.74) is 2.55. The third kappa shape index (κ3) is 2.69. The molecule has 1 aliphatic heterocycles. The number of benzene rings is 1. The molecule has 0 fully saturated rings. The number of carbonyl (C=O) groups is 1. The summed E-state index contributed by atoms with van der Waals surface area (Å²) in [6, 6.07) is 10.4. The third-order valence-corrected chi connectivity index (χ3v) is 5.67. The fourth-order valence-electron chi connectivity index (χ4n) is 2.19. The third-order valence-electron chi connectivity index (χ3n) is 3.33. The molecule has 1 N–H and O–H groups in total. The molecular weight excluding hydrogens is 274 g/mol. The van der Waals surface area contributed by atoms with E-state index in [9.17, 15) is 4.79 Å². The minimum absolute atomic E-state index is 0.0256. The summed E-state index contributed by atoms with van der Waals surface area (Å²) in [7, 11) is 0. The lowest BCUT2D eigenvalue weighted by Gasteiger charge is -2.09. The van der Waals surface area contributed by atoms with Gasteiger partial charge < -0.3 is 5.32 Å². The number of hydrogen-bond donors (Lipinski definition) is 1. The van der Waals surface area contributed by atoms with E-state index in [1.54, 1.807) is 23.1 Å². The molecule has 2 heterocycles. The van der Waals surface area contributed by atoms with E-state index in [0.29, 0.717) is 6.54 Å². The second kappa shape index (κ2) is 5.39. The monoisotopic (exact) mass is 289 g/mol. The summed E-state index contributed by atoms with van der Waals surface area (Å²) in [4.78, 5) is 14.7. The van der Waals surface area contributed by atoms with E-state index in [2.05, 4.69) is 35.8 Å². The molecule has 0 saturated carbocycles. The van der Waals surface area contributed by atoms with Crippen LogP contribution in [-0.2, 0) is 17.8 Å². The Morgan fingerprint density at radius 1 is 1.37 bits per heavy atom. The molecule has 1 aliphatic rings. The summed E-state index contributed by atoms with van der Waals surface area (Å²) in [5, 5.41) is 5.15. The molecule has 0 saturated heterocycles. The molecule has 2 aromatic rings. The smallest absolute Gasteiger partial charge is 0.234 e. The molecule has 3 rings (SSSR count). The molecule has 1 unspecified atom stereocenters. The van der Waals surface area contributed by atoms with Crippen molar-refractivity contribution in [3.8, 4) is 0 Å². The first-order valence-electron chi connectivity index (χ1n) is 6.29. The number of nitrogens with one attached hydrogen (secondary N) is 1. The molecule has 19 heavy (non-hydrogen) atoms. The van der Waals surface area contributed by atoms with Gasteiger partial charge in [0.15, 0.2) is 0 Å². The molecule has 1 aromatic heterocycles. The number of fused-ring (bicyclic) bond motifs is 1. The largest absolute Gasteiger partial charge is 0.350 e. The van der Waals surface area contributed by atoms with Gasteiger partial charge in [-0.05, 0) is 42.0 Å². The minimum Gasteiger partial charge on any atom is -0.350 e. The predicted molar refractivity (Wildman–Crippen MR) is 80.7 cm³/mol. The number of hydrogen-bond acceptors (Lipinski definition) is 3. The summed E-state index contributed by atoms with van der Waals surface area (Å²) >= 11 is 3.38. The molecular formula is C15H15NOS2. The Bertz CT molecular complexity index is 581. The molecule has 98 valence electrons. The van der Waals surface area contributed by atoms with Gasteiger partial charge in [0.25, 0.3) is 0 Å². The Labute approximate surface area is 121 Å². The van der Waals surface area contributed by atoms with E-state index >= 15 is 0 Å². The average molecular weight is 289 g/mol. The highest BCUT2D eigenvalue weighted by Crippen LogP contribution is 2.36. The number of thiophene rings is 1. The van der Waals surface area contributed by atoms with Crippen molar-refractivity contribution in [2.45, 2.75) is 30.0 Å². The molecule has 4 heteroatoms. The maximum Gasteiger partial charge on any atom is 0.234 e. The van der Waals surface area contributed by atoms with Gasteiger partial charge in [0.1, 0.15) is 0 Å². The van der Waals surface area contributed by atoms with Crippen LogP contribution in [0.1, 0.15) is 16.0 Å². The molecule has 0 radical (unpaired) electrons. The first kappa shape index (κ1) is 12.8. The van der Waals surface area contributed by atoms with Gasteiger partial charge in [0.05, 0.1) is 11.8 Å². The SMILES string of the molecule is Cc1ccsc1CNC(=O)C1Cc2ccccc2S1. The van der Waals surface area contributed by atoms with Crippen LogP contribution in [0.25, 0.3) is 0 Å². The van der Waals surface area contributed by atoms with Crippen LogP contribution in [0.3, 0.4) is 0 Å². The van der Waals surface area contributed by atoms with Crippen LogP contribution in [0.2, 0.25) is 0 Å². The quantitative estimate of drug-likeness (QED) is 0.938. The van der Waals surface area contributed by atoms with Crippen LogP contribution < -0.4 is 5.32 Å². The highest BCUT2D eigenvalue weighted by molar-refractivity contribution is 8.01. The van der Waals surface area contributed by atoms with Crippen molar-refractivity contribution in [3.63, 3.8) is 0 Å². The van der Waals surface area contributed by atoms with Gasteiger partial charge >= 0.3 is 0 Å². The van der Waals surface area contributed by atoms with Gasteiger partial charge in [-0.25, -0.2) is 0 Å². The van der Waals surface area contributed by atoms with Crippen LogP contribution in [0.4, 0.5) is 0 Å². The highest BCUT2D eigenvalue weighted by atomic mass is 32.2. The van der Waals surface area contributed by atoms with E-state index in [1.165, 1.54) is 20.9 Å². The highest BCUT2D eigenvalue weighted by Gasteiger charge is 2.27. The molecule has 1 aromatic carbocycles. The summed E-state index contributed by atoms with van der Waals surface area (Å²) < 4.78 is 0. The zero-order chi connectivity index (χ0) is 13.2. The van der Waals surface area contributed by atoms with Gasteiger partial charge in [0.2, 0.25) is 5.91 Å². The second-order valence-electron chi connectivity index (χ2n) is 4.66. The van der Waals surface area contributed by atoms with Crippen molar-refractivity contribution in [2.75, 3.05) is 0 Å². The Kier molecular flexibility index (Phi) is 3.62. The standard InChI is InChI=1S/C15H15NOS2/c1-10-6-7-18-14(10)9-16-15(17)13-8-11-4-2-3-5-12(11)19-13/h2-7,13H,8-9H2,1H3,(H,16,17). The van der Waals surface area contributed by atoms with Crippen molar-refractivity contribution in [2.24, 2.45) is 0 Å². The van der Waals surface area contributed by atoms with Crippen molar-refractivity contribution in [1.29, 1.82) is 0 Å². The predicted octanol–water partition coefficient (Wildman–Crippen LogP) is 3.39. The van der Waals surface area contributed by atoms with Crippen molar-refractivity contribution in [1.82, 2.24) is 5.32 Å². The summed E-state index contributed by atoms with van der Waals surface area (Å²) in [6.07, 6.45) is 0.843.